The Kier molecular flexibility index (Phi) is 6.94. The van der Waals surface area contributed by atoms with Gasteiger partial charge in [0.2, 0.25) is 5.91 Å². The van der Waals surface area contributed by atoms with Crippen molar-refractivity contribution in [2.45, 2.75) is 50.7 Å². The SMILES string of the molecule is Cc1cc(NC(=O)CSc2nnc(-c3cccnc3)n2[C@@H]2CCCC[C@@H]2C)n(-c2ccccc2)n1. The van der Waals surface area contributed by atoms with Gasteiger partial charge in [0, 0.05) is 30.1 Å². The lowest BCUT2D eigenvalue weighted by Crippen LogP contribution is -2.23. The second kappa shape index (κ2) is 10.4. The summed E-state index contributed by atoms with van der Waals surface area (Å²) in [4.78, 5) is 17.2. The molecular weight excluding hydrogens is 458 g/mol. The number of aryl methyl sites for hydroxylation is 1. The second-order valence-electron chi connectivity index (χ2n) is 9.00. The summed E-state index contributed by atoms with van der Waals surface area (Å²) in [5.74, 6) is 2.11. The first-order valence-electron chi connectivity index (χ1n) is 12.0. The highest BCUT2D eigenvalue weighted by Gasteiger charge is 2.29. The van der Waals surface area contributed by atoms with Crippen molar-refractivity contribution in [3.05, 3.63) is 66.6 Å². The molecule has 35 heavy (non-hydrogen) atoms. The van der Waals surface area contributed by atoms with Gasteiger partial charge in [-0.05, 0) is 49.9 Å². The third-order valence-electron chi connectivity index (χ3n) is 6.41. The van der Waals surface area contributed by atoms with Crippen LogP contribution in [-0.4, -0.2) is 41.2 Å². The quantitative estimate of drug-likeness (QED) is 0.355. The van der Waals surface area contributed by atoms with Crippen LogP contribution in [0.2, 0.25) is 0 Å². The number of thioether (sulfide) groups is 1. The fraction of sp³-hybridized carbons (Fsp3) is 0.346. The summed E-state index contributed by atoms with van der Waals surface area (Å²) >= 11 is 1.42. The molecule has 1 aromatic carbocycles. The van der Waals surface area contributed by atoms with Crippen LogP contribution >= 0.6 is 11.8 Å². The minimum absolute atomic E-state index is 0.110. The van der Waals surface area contributed by atoms with Crippen molar-refractivity contribution in [1.82, 2.24) is 29.5 Å². The van der Waals surface area contributed by atoms with Crippen molar-refractivity contribution >= 4 is 23.5 Å². The van der Waals surface area contributed by atoms with Crippen LogP contribution in [0.25, 0.3) is 17.1 Å². The number of nitrogens with one attached hydrogen (secondary N) is 1. The molecule has 2 atom stereocenters. The number of aromatic nitrogens is 6. The number of carbonyl (C=O) groups is 1. The highest BCUT2D eigenvalue weighted by molar-refractivity contribution is 7.99. The van der Waals surface area contributed by atoms with Gasteiger partial charge < -0.3 is 5.32 Å². The van der Waals surface area contributed by atoms with E-state index in [0.717, 1.165) is 34.3 Å². The van der Waals surface area contributed by atoms with Crippen LogP contribution in [0.1, 0.15) is 44.3 Å². The summed E-state index contributed by atoms with van der Waals surface area (Å²) in [7, 11) is 0. The Morgan fingerprint density at radius 1 is 1.11 bits per heavy atom. The maximum atomic E-state index is 13.0. The summed E-state index contributed by atoms with van der Waals surface area (Å²) in [5, 5.41) is 17.3. The largest absolute Gasteiger partial charge is 0.310 e. The Morgan fingerprint density at radius 2 is 1.94 bits per heavy atom. The van der Waals surface area contributed by atoms with E-state index in [-0.39, 0.29) is 11.7 Å². The van der Waals surface area contributed by atoms with Gasteiger partial charge in [0.25, 0.3) is 0 Å². The lowest BCUT2D eigenvalue weighted by atomic mass is 9.85. The predicted molar refractivity (Wildman–Crippen MR) is 138 cm³/mol. The van der Waals surface area contributed by atoms with E-state index in [1.165, 1.54) is 31.0 Å². The van der Waals surface area contributed by atoms with Crippen LogP contribution in [0.3, 0.4) is 0 Å². The van der Waals surface area contributed by atoms with Gasteiger partial charge in [-0.3, -0.25) is 14.3 Å². The van der Waals surface area contributed by atoms with E-state index in [9.17, 15) is 4.79 Å². The van der Waals surface area contributed by atoms with Gasteiger partial charge in [-0.15, -0.1) is 10.2 Å². The summed E-state index contributed by atoms with van der Waals surface area (Å²) in [6, 6.07) is 15.9. The molecule has 5 rings (SSSR count). The maximum absolute atomic E-state index is 13.0. The molecule has 0 unspecified atom stereocenters. The average molecular weight is 488 g/mol. The number of nitrogens with zero attached hydrogens (tertiary/aromatic N) is 6. The van der Waals surface area contributed by atoms with Crippen LogP contribution in [0.5, 0.6) is 0 Å². The van der Waals surface area contributed by atoms with Gasteiger partial charge in [0.05, 0.1) is 17.1 Å². The molecule has 1 N–H and O–H groups in total. The van der Waals surface area contributed by atoms with E-state index in [2.05, 4.69) is 37.1 Å². The van der Waals surface area contributed by atoms with Crippen molar-refractivity contribution in [3.63, 3.8) is 0 Å². The molecule has 180 valence electrons. The van der Waals surface area contributed by atoms with Crippen LogP contribution < -0.4 is 5.32 Å². The lowest BCUT2D eigenvalue weighted by Gasteiger charge is -2.31. The van der Waals surface area contributed by atoms with E-state index < -0.39 is 0 Å². The predicted octanol–water partition coefficient (Wildman–Crippen LogP) is 5.32. The molecule has 9 heteroatoms. The number of amides is 1. The number of rotatable bonds is 7. The molecule has 1 saturated carbocycles. The number of anilines is 1. The molecule has 1 aliphatic rings. The first-order chi connectivity index (χ1) is 17.1. The number of benzene rings is 1. The van der Waals surface area contributed by atoms with E-state index in [0.29, 0.717) is 17.8 Å². The van der Waals surface area contributed by atoms with Crippen molar-refractivity contribution in [2.24, 2.45) is 5.92 Å². The molecule has 8 nitrogen and oxygen atoms in total. The number of pyridine rings is 1. The smallest absolute Gasteiger partial charge is 0.236 e. The zero-order valence-corrected chi connectivity index (χ0v) is 20.8. The van der Waals surface area contributed by atoms with Crippen LogP contribution in [0, 0.1) is 12.8 Å². The molecule has 4 aromatic rings. The molecule has 1 amide bonds. The standard InChI is InChI=1S/C26H29N7OS/c1-18-9-6-7-13-22(18)32-25(20-10-8-14-27-16-20)29-30-26(32)35-17-24(34)28-23-15-19(2)31-33(23)21-11-4-3-5-12-21/h3-5,8,10-12,14-16,18,22H,6-7,9,13,17H2,1-2H3,(H,28,34)/t18-,22+/m0/s1. The van der Waals surface area contributed by atoms with Gasteiger partial charge in [0.1, 0.15) is 5.82 Å². The molecule has 0 bridgehead atoms. The minimum Gasteiger partial charge on any atom is -0.310 e. The number of para-hydroxylation sites is 1. The Balaban J connectivity index is 1.36. The normalized spacial score (nSPS) is 17.9. The van der Waals surface area contributed by atoms with Gasteiger partial charge in [0.15, 0.2) is 11.0 Å². The Morgan fingerprint density at radius 3 is 2.71 bits per heavy atom. The Labute approximate surface area is 209 Å². The second-order valence-corrected chi connectivity index (χ2v) is 9.94. The Hall–Kier alpha value is -3.46. The fourth-order valence-corrected chi connectivity index (χ4v) is 5.50. The lowest BCUT2D eigenvalue weighted by molar-refractivity contribution is -0.113. The van der Waals surface area contributed by atoms with Crippen LogP contribution in [-0.2, 0) is 4.79 Å². The molecule has 1 fully saturated rings. The molecule has 3 heterocycles. The first kappa shape index (κ1) is 23.3. The van der Waals surface area contributed by atoms with Crippen LogP contribution in [0.15, 0.2) is 66.1 Å². The molecular formula is C26H29N7OS. The molecule has 0 spiro atoms. The van der Waals surface area contributed by atoms with Gasteiger partial charge in [-0.25, -0.2) is 4.68 Å². The van der Waals surface area contributed by atoms with Crippen molar-refractivity contribution in [3.8, 4) is 17.1 Å². The monoisotopic (exact) mass is 487 g/mol. The first-order valence-corrected chi connectivity index (χ1v) is 13.0. The summed E-state index contributed by atoms with van der Waals surface area (Å²) in [6.07, 6.45) is 8.29. The molecule has 0 radical (unpaired) electrons. The van der Waals surface area contributed by atoms with Crippen molar-refractivity contribution in [2.75, 3.05) is 11.1 Å². The zero-order valence-electron chi connectivity index (χ0n) is 20.0. The third-order valence-corrected chi connectivity index (χ3v) is 7.36. The summed E-state index contributed by atoms with van der Waals surface area (Å²) in [6.45, 7) is 4.21. The van der Waals surface area contributed by atoms with Gasteiger partial charge in [-0.2, -0.15) is 5.10 Å². The highest BCUT2D eigenvalue weighted by atomic mass is 32.2. The number of hydrogen-bond donors (Lipinski definition) is 1. The Bertz CT molecular complexity index is 1290. The number of carbonyl (C=O) groups excluding carboxylic acids is 1. The van der Waals surface area contributed by atoms with Crippen molar-refractivity contribution < 1.29 is 4.79 Å². The molecule has 0 aliphatic heterocycles. The maximum Gasteiger partial charge on any atom is 0.236 e. The van der Waals surface area contributed by atoms with Gasteiger partial charge >= 0.3 is 0 Å². The summed E-state index contributed by atoms with van der Waals surface area (Å²) in [5.41, 5.74) is 2.68. The minimum atomic E-state index is -0.110. The molecule has 3 aromatic heterocycles. The highest BCUT2D eigenvalue weighted by Crippen LogP contribution is 2.38. The van der Waals surface area contributed by atoms with E-state index >= 15 is 0 Å². The van der Waals surface area contributed by atoms with Crippen LogP contribution in [0.4, 0.5) is 5.82 Å². The average Bonchev–Trinajstić information content (AvgIpc) is 3.47. The van der Waals surface area contributed by atoms with Gasteiger partial charge in [-0.1, -0.05) is 49.7 Å². The topological polar surface area (TPSA) is 90.5 Å². The van der Waals surface area contributed by atoms with E-state index in [1.807, 2.05) is 61.7 Å². The number of hydrogen-bond acceptors (Lipinski definition) is 6. The van der Waals surface area contributed by atoms with E-state index in [1.54, 1.807) is 10.9 Å². The fourth-order valence-electron chi connectivity index (χ4n) is 4.71. The molecule has 0 saturated heterocycles. The van der Waals surface area contributed by atoms with E-state index in [4.69, 9.17) is 0 Å². The summed E-state index contributed by atoms with van der Waals surface area (Å²) < 4.78 is 3.99. The zero-order chi connectivity index (χ0) is 24.2. The van der Waals surface area contributed by atoms with Crippen molar-refractivity contribution in [1.29, 1.82) is 0 Å². The third kappa shape index (κ3) is 5.14. The molecule has 1 aliphatic carbocycles.